The van der Waals surface area contributed by atoms with Gasteiger partial charge in [-0.15, -0.1) is 0 Å². The second-order valence-electron chi connectivity index (χ2n) is 4.76. The van der Waals surface area contributed by atoms with E-state index < -0.39 is 0 Å². The standard InChI is InChI=1S/C11H18N4S/c12-8-3-4-15-11(6-8)13-10(14-15)7-9-2-1-5-16-9/h8-9H,1-7,12H2. The molecule has 0 aromatic carbocycles. The van der Waals surface area contributed by atoms with Gasteiger partial charge >= 0.3 is 0 Å². The quantitative estimate of drug-likeness (QED) is 0.835. The minimum Gasteiger partial charge on any atom is -0.327 e. The maximum absolute atomic E-state index is 5.94. The van der Waals surface area contributed by atoms with Gasteiger partial charge in [-0.25, -0.2) is 9.67 Å². The summed E-state index contributed by atoms with van der Waals surface area (Å²) in [7, 11) is 0. The number of fused-ring (bicyclic) bond motifs is 1. The average molecular weight is 238 g/mol. The number of nitrogens with zero attached hydrogens (tertiary/aromatic N) is 3. The third kappa shape index (κ3) is 2.11. The van der Waals surface area contributed by atoms with Gasteiger partial charge in [0.2, 0.25) is 0 Å². The molecule has 3 rings (SSSR count). The SMILES string of the molecule is NC1CCn2nc(CC3CCCS3)nc2C1. The molecule has 0 bridgehead atoms. The van der Waals surface area contributed by atoms with Gasteiger partial charge in [0.1, 0.15) is 5.82 Å². The Bertz CT molecular complexity index is 370. The molecule has 88 valence electrons. The highest BCUT2D eigenvalue weighted by Gasteiger charge is 2.22. The van der Waals surface area contributed by atoms with E-state index >= 15 is 0 Å². The smallest absolute Gasteiger partial charge is 0.152 e. The molecule has 2 atom stereocenters. The fraction of sp³-hybridized carbons (Fsp3) is 0.818. The maximum atomic E-state index is 5.94. The Labute approximate surface area is 100.0 Å². The zero-order valence-electron chi connectivity index (χ0n) is 9.43. The van der Waals surface area contributed by atoms with Crippen molar-refractivity contribution in [2.24, 2.45) is 5.73 Å². The largest absolute Gasteiger partial charge is 0.327 e. The van der Waals surface area contributed by atoms with Gasteiger partial charge in [-0.1, -0.05) is 0 Å². The third-order valence-electron chi connectivity index (χ3n) is 3.38. The predicted molar refractivity (Wildman–Crippen MR) is 65.5 cm³/mol. The van der Waals surface area contributed by atoms with Crippen LogP contribution < -0.4 is 5.73 Å². The van der Waals surface area contributed by atoms with Gasteiger partial charge in [0.15, 0.2) is 5.82 Å². The van der Waals surface area contributed by atoms with Crippen LogP contribution in [0.25, 0.3) is 0 Å². The molecule has 1 aromatic rings. The topological polar surface area (TPSA) is 56.7 Å². The van der Waals surface area contributed by atoms with Crippen molar-refractivity contribution in [2.75, 3.05) is 5.75 Å². The number of rotatable bonds is 2. The maximum Gasteiger partial charge on any atom is 0.152 e. The summed E-state index contributed by atoms with van der Waals surface area (Å²) < 4.78 is 2.05. The molecule has 0 amide bonds. The first-order valence-corrected chi connectivity index (χ1v) is 7.16. The molecule has 2 aliphatic rings. The first-order valence-electron chi connectivity index (χ1n) is 6.11. The molecule has 2 N–H and O–H groups in total. The molecule has 16 heavy (non-hydrogen) atoms. The van der Waals surface area contributed by atoms with Crippen LogP contribution in [0.5, 0.6) is 0 Å². The van der Waals surface area contributed by atoms with E-state index in [2.05, 4.69) is 26.5 Å². The van der Waals surface area contributed by atoms with Gasteiger partial charge in [0.25, 0.3) is 0 Å². The van der Waals surface area contributed by atoms with Crippen LogP contribution in [0.15, 0.2) is 0 Å². The van der Waals surface area contributed by atoms with Gasteiger partial charge in [-0.3, -0.25) is 0 Å². The zero-order chi connectivity index (χ0) is 11.0. The highest BCUT2D eigenvalue weighted by molar-refractivity contribution is 8.00. The number of hydrogen-bond acceptors (Lipinski definition) is 4. The summed E-state index contributed by atoms with van der Waals surface area (Å²) in [5.74, 6) is 3.43. The van der Waals surface area contributed by atoms with Gasteiger partial charge < -0.3 is 5.73 Å². The first-order chi connectivity index (χ1) is 7.81. The lowest BCUT2D eigenvalue weighted by molar-refractivity contribution is 0.431. The van der Waals surface area contributed by atoms with E-state index in [1.165, 1.54) is 18.6 Å². The van der Waals surface area contributed by atoms with E-state index in [1.807, 2.05) is 0 Å². The van der Waals surface area contributed by atoms with Crippen molar-refractivity contribution in [3.05, 3.63) is 11.6 Å². The summed E-state index contributed by atoms with van der Waals surface area (Å²) in [5, 5.41) is 5.33. The number of aryl methyl sites for hydroxylation is 1. The van der Waals surface area contributed by atoms with Crippen LogP contribution in [0.4, 0.5) is 0 Å². The zero-order valence-corrected chi connectivity index (χ0v) is 10.2. The molecule has 1 saturated heterocycles. The van der Waals surface area contributed by atoms with E-state index in [0.29, 0.717) is 0 Å². The Morgan fingerprint density at radius 2 is 2.38 bits per heavy atom. The number of hydrogen-bond donors (Lipinski definition) is 1. The Balaban J connectivity index is 1.71. The molecule has 5 heteroatoms. The van der Waals surface area contributed by atoms with Crippen LogP contribution in [0.1, 0.15) is 30.9 Å². The van der Waals surface area contributed by atoms with Gasteiger partial charge in [-0.2, -0.15) is 16.9 Å². The molecule has 1 aromatic heterocycles. The Morgan fingerprint density at radius 3 is 3.19 bits per heavy atom. The molecule has 0 spiro atoms. The van der Waals surface area contributed by atoms with Crippen molar-refractivity contribution in [1.82, 2.24) is 14.8 Å². The molecule has 4 nitrogen and oxygen atoms in total. The number of aromatic nitrogens is 3. The molecule has 0 radical (unpaired) electrons. The van der Waals surface area contributed by atoms with Crippen LogP contribution in [-0.2, 0) is 19.4 Å². The van der Waals surface area contributed by atoms with Crippen LogP contribution in [0, 0.1) is 0 Å². The summed E-state index contributed by atoms with van der Waals surface area (Å²) in [6, 6.07) is 0.283. The van der Waals surface area contributed by atoms with Gasteiger partial charge in [0.05, 0.1) is 0 Å². The van der Waals surface area contributed by atoms with Gasteiger partial charge in [-0.05, 0) is 25.0 Å². The summed E-state index contributed by atoms with van der Waals surface area (Å²) in [4.78, 5) is 4.62. The molecular formula is C11H18N4S. The van der Waals surface area contributed by atoms with Crippen LogP contribution in [-0.4, -0.2) is 31.8 Å². The third-order valence-corrected chi connectivity index (χ3v) is 4.78. The summed E-state index contributed by atoms with van der Waals surface area (Å²) in [5.41, 5.74) is 5.94. The van der Waals surface area contributed by atoms with E-state index in [1.54, 1.807) is 0 Å². The van der Waals surface area contributed by atoms with Crippen molar-refractivity contribution in [1.29, 1.82) is 0 Å². The average Bonchev–Trinajstić information content (AvgIpc) is 2.86. The second kappa shape index (κ2) is 4.37. The van der Waals surface area contributed by atoms with Crippen molar-refractivity contribution in [3.63, 3.8) is 0 Å². The fourth-order valence-electron chi connectivity index (χ4n) is 2.48. The molecular weight excluding hydrogens is 220 g/mol. The molecule has 0 saturated carbocycles. The van der Waals surface area contributed by atoms with Crippen LogP contribution >= 0.6 is 11.8 Å². The van der Waals surface area contributed by atoms with Crippen molar-refractivity contribution >= 4 is 11.8 Å². The summed E-state index contributed by atoms with van der Waals surface area (Å²) in [6.45, 7) is 0.946. The van der Waals surface area contributed by atoms with Crippen molar-refractivity contribution < 1.29 is 0 Å². The summed E-state index contributed by atoms with van der Waals surface area (Å²) in [6.07, 6.45) is 5.65. The van der Waals surface area contributed by atoms with Gasteiger partial charge in [0, 0.05) is 30.7 Å². The number of thioether (sulfide) groups is 1. The van der Waals surface area contributed by atoms with E-state index in [-0.39, 0.29) is 6.04 Å². The molecule has 0 aliphatic carbocycles. The Hall–Kier alpha value is -0.550. The normalized spacial score (nSPS) is 29.3. The molecule has 1 fully saturated rings. The highest BCUT2D eigenvalue weighted by Crippen LogP contribution is 2.28. The Morgan fingerprint density at radius 1 is 1.44 bits per heavy atom. The molecule has 2 aliphatic heterocycles. The van der Waals surface area contributed by atoms with E-state index in [4.69, 9.17) is 5.73 Å². The number of nitrogens with two attached hydrogens (primary N) is 1. The first kappa shape index (κ1) is 10.6. The molecule has 3 heterocycles. The van der Waals surface area contributed by atoms with E-state index in [9.17, 15) is 0 Å². The second-order valence-corrected chi connectivity index (χ2v) is 6.17. The van der Waals surface area contributed by atoms with E-state index in [0.717, 1.165) is 42.7 Å². The molecule has 2 unspecified atom stereocenters. The lowest BCUT2D eigenvalue weighted by Gasteiger charge is -2.17. The van der Waals surface area contributed by atoms with Crippen LogP contribution in [0.2, 0.25) is 0 Å². The monoisotopic (exact) mass is 238 g/mol. The van der Waals surface area contributed by atoms with Crippen molar-refractivity contribution in [2.45, 2.75) is 49.9 Å². The predicted octanol–water partition coefficient (Wildman–Crippen LogP) is 0.990. The highest BCUT2D eigenvalue weighted by atomic mass is 32.2. The summed E-state index contributed by atoms with van der Waals surface area (Å²) >= 11 is 2.07. The fourth-order valence-corrected chi connectivity index (χ4v) is 3.74. The lowest BCUT2D eigenvalue weighted by atomic mass is 10.1. The minimum absolute atomic E-state index is 0.283. The Kier molecular flexibility index (Phi) is 2.90. The lowest BCUT2D eigenvalue weighted by Crippen LogP contribution is -2.31. The van der Waals surface area contributed by atoms with Crippen molar-refractivity contribution in [3.8, 4) is 0 Å². The minimum atomic E-state index is 0.283. The van der Waals surface area contributed by atoms with Crippen LogP contribution in [0.3, 0.4) is 0 Å².